The zero-order chi connectivity index (χ0) is 15.2. The third kappa shape index (κ3) is 3.87. The second-order valence-corrected chi connectivity index (χ2v) is 4.54. The van der Waals surface area contributed by atoms with Gasteiger partial charge in [-0.2, -0.15) is 0 Å². The number of anilines is 1. The van der Waals surface area contributed by atoms with Crippen molar-refractivity contribution in [3.05, 3.63) is 70.3 Å². The van der Waals surface area contributed by atoms with E-state index >= 15 is 0 Å². The summed E-state index contributed by atoms with van der Waals surface area (Å²) in [5.41, 5.74) is 6.83. The Morgan fingerprint density at radius 1 is 1.14 bits per heavy atom. The fourth-order valence-electron chi connectivity index (χ4n) is 1.96. The molecular weight excluding hydrogens is 270 g/mol. The van der Waals surface area contributed by atoms with E-state index in [4.69, 9.17) is 5.73 Å². The largest absolute Gasteiger partial charge is 0.324 e. The van der Waals surface area contributed by atoms with Crippen molar-refractivity contribution >= 4 is 17.3 Å². The molecule has 108 valence electrons. The molecule has 0 aliphatic carbocycles. The Bertz CT molecular complexity index is 644. The lowest BCUT2D eigenvalue weighted by Gasteiger charge is -2.12. The quantitative estimate of drug-likeness (QED) is 0.651. The van der Waals surface area contributed by atoms with Crippen LogP contribution in [0.1, 0.15) is 18.0 Å². The zero-order valence-electron chi connectivity index (χ0n) is 11.2. The number of nitro benzene ring substituents is 1. The van der Waals surface area contributed by atoms with Crippen LogP contribution >= 0.6 is 0 Å². The van der Waals surface area contributed by atoms with Crippen LogP contribution in [-0.2, 0) is 4.79 Å². The van der Waals surface area contributed by atoms with Gasteiger partial charge in [0.25, 0.3) is 5.69 Å². The fourth-order valence-corrected chi connectivity index (χ4v) is 1.96. The van der Waals surface area contributed by atoms with Crippen LogP contribution in [0.25, 0.3) is 0 Å². The van der Waals surface area contributed by atoms with Gasteiger partial charge in [0.1, 0.15) is 5.69 Å². The summed E-state index contributed by atoms with van der Waals surface area (Å²) < 4.78 is 0. The van der Waals surface area contributed by atoms with Gasteiger partial charge in [0.05, 0.1) is 4.92 Å². The van der Waals surface area contributed by atoms with Crippen molar-refractivity contribution in [2.24, 2.45) is 5.73 Å². The molecule has 0 aliphatic rings. The summed E-state index contributed by atoms with van der Waals surface area (Å²) in [5.74, 6) is -0.361. The maximum Gasteiger partial charge on any atom is 0.292 e. The first-order valence-electron chi connectivity index (χ1n) is 6.41. The third-order valence-corrected chi connectivity index (χ3v) is 3.01. The van der Waals surface area contributed by atoms with E-state index in [-0.39, 0.29) is 23.7 Å². The van der Waals surface area contributed by atoms with E-state index in [0.717, 1.165) is 5.56 Å². The monoisotopic (exact) mass is 285 g/mol. The first-order chi connectivity index (χ1) is 10.1. The van der Waals surface area contributed by atoms with Crippen LogP contribution in [0.5, 0.6) is 0 Å². The summed E-state index contributed by atoms with van der Waals surface area (Å²) in [6.45, 7) is 0. The number of carbonyl (C=O) groups is 1. The van der Waals surface area contributed by atoms with E-state index in [9.17, 15) is 14.9 Å². The number of nitrogens with one attached hydrogen (secondary N) is 1. The predicted octanol–water partition coefficient (Wildman–Crippen LogP) is 2.62. The van der Waals surface area contributed by atoms with Crippen molar-refractivity contribution in [3.8, 4) is 0 Å². The minimum absolute atomic E-state index is 0.0516. The maximum absolute atomic E-state index is 12.0. The number of nitrogens with zero attached hydrogens (tertiary/aromatic N) is 1. The van der Waals surface area contributed by atoms with Gasteiger partial charge < -0.3 is 11.1 Å². The average Bonchev–Trinajstić information content (AvgIpc) is 2.48. The molecule has 21 heavy (non-hydrogen) atoms. The Balaban J connectivity index is 2.04. The number of nitro groups is 1. The lowest BCUT2D eigenvalue weighted by Crippen LogP contribution is -2.20. The van der Waals surface area contributed by atoms with Gasteiger partial charge in [-0.1, -0.05) is 42.5 Å². The minimum atomic E-state index is -0.535. The molecule has 0 spiro atoms. The lowest BCUT2D eigenvalue weighted by atomic mass is 10.0. The number of hydrogen-bond donors (Lipinski definition) is 2. The van der Waals surface area contributed by atoms with Gasteiger partial charge in [-0.05, 0) is 11.6 Å². The van der Waals surface area contributed by atoms with Gasteiger partial charge in [0.2, 0.25) is 5.91 Å². The summed E-state index contributed by atoms with van der Waals surface area (Å²) in [6.07, 6.45) is 0.0516. The number of rotatable bonds is 5. The van der Waals surface area contributed by atoms with Gasteiger partial charge in [0, 0.05) is 18.5 Å². The van der Waals surface area contributed by atoms with Gasteiger partial charge in [0.15, 0.2) is 0 Å². The van der Waals surface area contributed by atoms with E-state index in [2.05, 4.69) is 5.32 Å². The van der Waals surface area contributed by atoms with Gasteiger partial charge in [-0.25, -0.2) is 0 Å². The zero-order valence-corrected chi connectivity index (χ0v) is 11.2. The summed E-state index contributed by atoms with van der Waals surface area (Å²) in [4.78, 5) is 22.3. The molecule has 6 heteroatoms. The van der Waals surface area contributed by atoms with Crippen LogP contribution in [-0.4, -0.2) is 10.8 Å². The molecule has 1 atom stereocenters. The van der Waals surface area contributed by atoms with Crippen molar-refractivity contribution in [1.82, 2.24) is 0 Å². The van der Waals surface area contributed by atoms with E-state index in [1.807, 2.05) is 30.3 Å². The Labute approximate surface area is 121 Å². The van der Waals surface area contributed by atoms with Gasteiger partial charge in [-0.15, -0.1) is 0 Å². The molecule has 0 aliphatic heterocycles. The second kappa shape index (κ2) is 6.62. The Hall–Kier alpha value is -2.73. The second-order valence-electron chi connectivity index (χ2n) is 4.54. The van der Waals surface area contributed by atoms with Crippen molar-refractivity contribution in [2.75, 3.05) is 5.32 Å². The number of carbonyl (C=O) groups excluding carboxylic acids is 1. The van der Waals surface area contributed by atoms with Crippen LogP contribution < -0.4 is 11.1 Å². The molecule has 2 aromatic carbocycles. The van der Waals surface area contributed by atoms with Crippen molar-refractivity contribution in [2.45, 2.75) is 12.5 Å². The van der Waals surface area contributed by atoms with Gasteiger partial charge >= 0.3 is 0 Å². The molecular formula is C15H15N3O3. The van der Waals surface area contributed by atoms with E-state index < -0.39 is 11.0 Å². The average molecular weight is 285 g/mol. The van der Waals surface area contributed by atoms with Crippen LogP contribution in [0.4, 0.5) is 11.4 Å². The summed E-state index contributed by atoms with van der Waals surface area (Å²) in [7, 11) is 0. The molecule has 0 radical (unpaired) electrons. The predicted molar refractivity (Wildman–Crippen MR) is 79.7 cm³/mol. The maximum atomic E-state index is 12.0. The number of hydrogen-bond acceptors (Lipinski definition) is 4. The molecule has 2 rings (SSSR count). The highest BCUT2D eigenvalue weighted by Crippen LogP contribution is 2.24. The molecule has 0 saturated carbocycles. The normalized spacial score (nSPS) is 11.7. The first kappa shape index (κ1) is 14.7. The molecule has 1 unspecified atom stereocenters. The van der Waals surface area contributed by atoms with Crippen LogP contribution in [0.2, 0.25) is 0 Å². The van der Waals surface area contributed by atoms with E-state index in [0.29, 0.717) is 0 Å². The first-order valence-corrected chi connectivity index (χ1v) is 6.41. The standard InChI is InChI=1S/C15H15N3O3/c16-12(11-6-2-1-3-7-11)10-15(19)17-13-8-4-5-9-14(13)18(20)21/h1-9,12H,10,16H2,(H,17,19). The van der Waals surface area contributed by atoms with E-state index in [1.165, 1.54) is 12.1 Å². The molecule has 0 heterocycles. The third-order valence-electron chi connectivity index (χ3n) is 3.01. The molecule has 1 amide bonds. The molecule has 3 N–H and O–H groups in total. The number of benzene rings is 2. The summed E-state index contributed by atoms with van der Waals surface area (Å²) >= 11 is 0. The highest BCUT2D eigenvalue weighted by molar-refractivity contribution is 5.93. The van der Waals surface area contributed by atoms with Crippen LogP contribution in [0.15, 0.2) is 54.6 Å². The van der Waals surface area contributed by atoms with Gasteiger partial charge in [-0.3, -0.25) is 14.9 Å². The minimum Gasteiger partial charge on any atom is -0.324 e. The summed E-state index contributed by atoms with van der Waals surface area (Å²) in [5, 5.41) is 13.4. The summed E-state index contributed by atoms with van der Waals surface area (Å²) in [6, 6.07) is 14.8. The Morgan fingerprint density at radius 2 is 1.76 bits per heavy atom. The number of para-hydroxylation sites is 2. The number of nitrogens with two attached hydrogens (primary N) is 1. The Kier molecular flexibility index (Phi) is 4.63. The van der Waals surface area contributed by atoms with Crippen molar-refractivity contribution < 1.29 is 9.72 Å². The SMILES string of the molecule is NC(CC(=O)Nc1ccccc1[N+](=O)[O-])c1ccccc1. The topological polar surface area (TPSA) is 98.3 Å². The molecule has 0 saturated heterocycles. The van der Waals surface area contributed by atoms with Crippen LogP contribution in [0.3, 0.4) is 0 Å². The molecule has 0 fully saturated rings. The van der Waals surface area contributed by atoms with Crippen LogP contribution in [0, 0.1) is 10.1 Å². The fraction of sp³-hybridized carbons (Fsp3) is 0.133. The lowest BCUT2D eigenvalue weighted by molar-refractivity contribution is -0.383. The smallest absolute Gasteiger partial charge is 0.292 e. The molecule has 2 aromatic rings. The molecule has 6 nitrogen and oxygen atoms in total. The van der Waals surface area contributed by atoms with Crippen molar-refractivity contribution in [3.63, 3.8) is 0 Å². The van der Waals surface area contributed by atoms with Crippen molar-refractivity contribution in [1.29, 1.82) is 0 Å². The Morgan fingerprint density at radius 3 is 2.43 bits per heavy atom. The highest BCUT2D eigenvalue weighted by atomic mass is 16.6. The van der Waals surface area contributed by atoms with E-state index in [1.54, 1.807) is 12.1 Å². The molecule has 0 aromatic heterocycles. The number of amides is 1. The highest BCUT2D eigenvalue weighted by Gasteiger charge is 2.17. The molecule has 0 bridgehead atoms.